The van der Waals surface area contributed by atoms with Crippen LogP contribution in [0.15, 0.2) is 6.07 Å². The van der Waals surface area contributed by atoms with E-state index in [1.165, 1.54) is 37.3 Å². The number of carbonyl (C=O) groups is 2. The van der Waals surface area contributed by atoms with E-state index >= 15 is 0 Å². The molecule has 1 aliphatic heterocycles. The number of piperidine rings is 1. The monoisotopic (exact) mass is 377 g/mol. The summed E-state index contributed by atoms with van der Waals surface area (Å²) in [5.74, 6) is 1.12. The molecule has 0 unspecified atom stereocenters. The minimum atomic E-state index is -0.0220. The molecule has 1 aromatic rings. The number of carbonyl (C=O) groups excluding carboxylic acids is 2. The van der Waals surface area contributed by atoms with Gasteiger partial charge in [-0.15, -0.1) is 11.3 Å². The second-order valence-corrected chi connectivity index (χ2v) is 8.93. The first-order valence-electron chi connectivity index (χ1n) is 9.95. The second kappa shape index (κ2) is 9.00. The van der Waals surface area contributed by atoms with Gasteiger partial charge >= 0.3 is 0 Å². The van der Waals surface area contributed by atoms with E-state index in [1.807, 2.05) is 13.0 Å². The number of nitrogens with zero attached hydrogens (tertiary/aromatic N) is 1. The summed E-state index contributed by atoms with van der Waals surface area (Å²) in [7, 11) is 0. The smallest absolute Gasteiger partial charge is 0.261 e. The van der Waals surface area contributed by atoms with Gasteiger partial charge in [-0.25, -0.2) is 0 Å². The molecule has 1 saturated carbocycles. The highest BCUT2D eigenvalue weighted by Gasteiger charge is 2.30. The van der Waals surface area contributed by atoms with Gasteiger partial charge in [-0.05, 0) is 82.6 Å². The highest BCUT2D eigenvalue weighted by Crippen LogP contribution is 2.32. The highest BCUT2D eigenvalue weighted by molar-refractivity contribution is 7.18. The molecule has 0 spiro atoms. The van der Waals surface area contributed by atoms with Gasteiger partial charge in [0.25, 0.3) is 5.91 Å². The van der Waals surface area contributed by atoms with Crippen LogP contribution < -0.4 is 10.6 Å². The van der Waals surface area contributed by atoms with E-state index in [2.05, 4.69) is 22.5 Å². The molecular weight excluding hydrogens is 346 g/mol. The van der Waals surface area contributed by atoms with Gasteiger partial charge in [0, 0.05) is 12.5 Å². The largest absolute Gasteiger partial charge is 0.351 e. The number of amides is 2. The number of anilines is 1. The molecular formula is C20H31N3O2S. The molecule has 2 heterocycles. The molecule has 5 nitrogen and oxygen atoms in total. The number of thiophene rings is 1. The number of likely N-dealkylation sites (tertiary alicyclic amines) is 1. The van der Waals surface area contributed by atoms with Crippen molar-refractivity contribution < 1.29 is 9.59 Å². The van der Waals surface area contributed by atoms with Gasteiger partial charge in [0.2, 0.25) is 5.91 Å². The summed E-state index contributed by atoms with van der Waals surface area (Å²) >= 11 is 1.38. The van der Waals surface area contributed by atoms with Crippen molar-refractivity contribution in [3.05, 3.63) is 16.5 Å². The van der Waals surface area contributed by atoms with Crippen LogP contribution in [0.25, 0.3) is 0 Å². The van der Waals surface area contributed by atoms with Crippen molar-refractivity contribution in [2.24, 2.45) is 11.8 Å². The van der Waals surface area contributed by atoms with E-state index in [0.29, 0.717) is 11.4 Å². The number of unbranched alkanes of at least 4 members (excludes halogenated alkanes) is 1. The molecule has 2 N–H and O–H groups in total. The first-order chi connectivity index (χ1) is 12.5. The van der Waals surface area contributed by atoms with Crippen LogP contribution in [0.1, 0.15) is 60.7 Å². The number of rotatable bonds is 8. The number of aryl methyl sites for hydroxylation is 1. The van der Waals surface area contributed by atoms with Crippen molar-refractivity contribution in [1.29, 1.82) is 0 Å². The van der Waals surface area contributed by atoms with Crippen molar-refractivity contribution in [3.63, 3.8) is 0 Å². The third-order valence-corrected chi connectivity index (χ3v) is 6.53. The molecule has 2 fully saturated rings. The van der Waals surface area contributed by atoms with Crippen LogP contribution in [0.5, 0.6) is 0 Å². The van der Waals surface area contributed by atoms with Crippen LogP contribution in [0.2, 0.25) is 0 Å². The van der Waals surface area contributed by atoms with E-state index in [1.54, 1.807) is 0 Å². The number of nitrogens with one attached hydrogen (secondary N) is 2. The molecule has 1 saturated heterocycles. The molecule has 0 atom stereocenters. The average Bonchev–Trinajstić information content (AvgIpc) is 3.40. The summed E-state index contributed by atoms with van der Waals surface area (Å²) in [6.45, 7) is 8.55. The molecule has 1 aromatic heterocycles. The van der Waals surface area contributed by atoms with E-state index in [0.717, 1.165) is 48.7 Å². The van der Waals surface area contributed by atoms with Gasteiger partial charge in [-0.3, -0.25) is 9.59 Å². The Balaban J connectivity index is 1.35. The lowest BCUT2D eigenvalue weighted by Crippen LogP contribution is -2.34. The van der Waals surface area contributed by atoms with Gasteiger partial charge in [0.15, 0.2) is 0 Å². The Labute approximate surface area is 160 Å². The maximum Gasteiger partial charge on any atom is 0.261 e. The number of hydrogen-bond acceptors (Lipinski definition) is 4. The Morgan fingerprint density at radius 3 is 2.62 bits per heavy atom. The molecule has 1 aliphatic carbocycles. The summed E-state index contributed by atoms with van der Waals surface area (Å²) in [5.41, 5.74) is 0.932. The van der Waals surface area contributed by atoms with Crippen LogP contribution in [-0.4, -0.2) is 42.9 Å². The Morgan fingerprint density at radius 2 is 1.92 bits per heavy atom. The van der Waals surface area contributed by atoms with Crippen LogP contribution in [0, 0.1) is 18.8 Å². The predicted octanol–water partition coefficient (Wildman–Crippen LogP) is 3.65. The van der Waals surface area contributed by atoms with Crippen LogP contribution in [0.3, 0.4) is 0 Å². The Bertz CT molecular complexity index is 631. The quantitative estimate of drug-likeness (QED) is 0.680. The zero-order valence-electron chi connectivity index (χ0n) is 16.0. The van der Waals surface area contributed by atoms with Crippen molar-refractivity contribution in [2.75, 3.05) is 31.5 Å². The maximum atomic E-state index is 12.4. The first kappa shape index (κ1) is 19.4. The third kappa shape index (κ3) is 5.55. The molecule has 0 radical (unpaired) electrons. The molecule has 0 aromatic carbocycles. The van der Waals surface area contributed by atoms with Crippen molar-refractivity contribution >= 4 is 28.2 Å². The fraction of sp³-hybridized carbons (Fsp3) is 0.700. The predicted molar refractivity (Wildman–Crippen MR) is 107 cm³/mol. The van der Waals surface area contributed by atoms with Gasteiger partial charge < -0.3 is 15.5 Å². The van der Waals surface area contributed by atoms with E-state index < -0.39 is 0 Å². The first-order valence-corrected chi connectivity index (χ1v) is 10.8. The molecule has 2 amide bonds. The Morgan fingerprint density at radius 1 is 1.19 bits per heavy atom. The standard InChI is InChI=1S/C20H31N3O2S/c1-14-7-11-23(12-8-14)10-4-3-9-21-20(25)18-15(2)13-17(26-18)22-19(24)16-5-6-16/h13-14,16H,3-12H2,1-2H3,(H,21,25)(H,22,24). The van der Waals surface area contributed by atoms with E-state index in [-0.39, 0.29) is 17.7 Å². The van der Waals surface area contributed by atoms with Crippen LogP contribution >= 0.6 is 11.3 Å². The maximum absolute atomic E-state index is 12.4. The minimum Gasteiger partial charge on any atom is -0.351 e. The molecule has 2 aliphatic rings. The summed E-state index contributed by atoms with van der Waals surface area (Å²) in [5, 5.41) is 6.74. The van der Waals surface area contributed by atoms with Crippen molar-refractivity contribution in [2.45, 2.75) is 52.4 Å². The lowest BCUT2D eigenvalue weighted by Gasteiger charge is -2.30. The summed E-state index contributed by atoms with van der Waals surface area (Å²) in [6, 6.07) is 1.90. The van der Waals surface area contributed by atoms with Crippen molar-refractivity contribution in [3.8, 4) is 0 Å². The SMILES string of the molecule is Cc1cc(NC(=O)C2CC2)sc1C(=O)NCCCCN1CCC(C)CC1. The van der Waals surface area contributed by atoms with Gasteiger partial charge in [-0.1, -0.05) is 6.92 Å². The molecule has 0 bridgehead atoms. The molecule has 26 heavy (non-hydrogen) atoms. The Hall–Kier alpha value is -1.40. The molecule has 144 valence electrons. The molecule has 3 rings (SSSR count). The second-order valence-electron chi connectivity index (χ2n) is 7.87. The minimum absolute atomic E-state index is 0.0220. The lowest BCUT2D eigenvalue weighted by atomic mass is 9.99. The van der Waals surface area contributed by atoms with Crippen LogP contribution in [-0.2, 0) is 4.79 Å². The fourth-order valence-electron chi connectivity index (χ4n) is 3.37. The van der Waals surface area contributed by atoms with Crippen molar-refractivity contribution in [1.82, 2.24) is 10.2 Å². The Kier molecular flexibility index (Phi) is 6.70. The van der Waals surface area contributed by atoms with Gasteiger partial charge in [-0.2, -0.15) is 0 Å². The highest BCUT2D eigenvalue weighted by atomic mass is 32.1. The summed E-state index contributed by atoms with van der Waals surface area (Å²) < 4.78 is 0. The van der Waals surface area contributed by atoms with Crippen LogP contribution in [0.4, 0.5) is 5.00 Å². The fourth-order valence-corrected chi connectivity index (χ4v) is 4.36. The summed E-state index contributed by atoms with van der Waals surface area (Å²) in [4.78, 5) is 27.5. The van der Waals surface area contributed by atoms with E-state index in [9.17, 15) is 9.59 Å². The summed E-state index contributed by atoms with van der Waals surface area (Å²) in [6.07, 6.45) is 6.73. The van der Waals surface area contributed by atoms with Gasteiger partial charge in [0.1, 0.15) is 0 Å². The average molecular weight is 378 g/mol. The third-order valence-electron chi connectivity index (χ3n) is 5.38. The van der Waals surface area contributed by atoms with E-state index in [4.69, 9.17) is 0 Å². The normalized spacial score (nSPS) is 18.7. The topological polar surface area (TPSA) is 61.4 Å². The zero-order chi connectivity index (χ0) is 18.5. The van der Waals surface area contributed by atoms with Gasteiger partial charge in [0.05, 0.1) is 9.88 Å². The molecule has 6 heteroatoms. The zero-order valence-corrected chi connectivity index (χ0v) is 16.8. The number of hydrogen-bond donors (Lipinski definition) is 2. The lowest BCUT2D eigenvalue weighted by molar-refractivity contribution is -0.117.